The lowest BCUT2D eigenvalue weighted by molar-refractivity contribution is -0.144. The Labute approximate surface area is 110 Å². The summed E-state index contributed by atoms with van der Waals surface area (Å²) in [5.41, 5.74) is -0.0152. The molecule has 0 bridgehead atoms. The maximum atomic E-state index is 11.6. The van der Waals surface area contributed by atoms with E-state index in [0.717, 1.165) is 0 Å². The third-order valence-corrected chi connectivity index (χ3v) is 3.33. The van der Waals surface area contributed by atoms with Crippen molar-refractivity contribution in [2.24, 2.45) is 0 Å². The number of epoxide rings is 1. The van der Waals surface area contributed by atoms with Gasteiger partial charge in [-0.15, -0.1) is 0 Å². The van der Waals surface area contributed by atoms with Gasteiger partial charge in [0.05, 0.1) is 6.61 Å². The van der Waals surface area contributed by atoms with Crippen LogP contribution in [0.15, 0.2) is 18.2 Å². The average molecular weight is 275 g/mol. The molecular formula is C12H12Cl2O3. The topological polar surface area (TPSA) is 38.8 Å². The monoisotopic (exact) mass is 274 g/mol. The molecule has 0 amide bonds. The van der Waals surface area contributed by atoms with Crippen LogP contribution in [-0.4, -0.2) is 18.7 Å². The van der Waals surface area contributed by atoms with Crippen molar-refractivity contribution < 1.29 is 14.3 Å². The van der Waals surface area contributed by atoms with E-state index in [2.05, 4.69) is 0 Å². The van der Waals surface area contributed by atoms with E-state index in [9.17, 15) is 4.79 Å². The number of rotatable bonds is 3. The zero-order valence-corrected chi connectivity index (χ0v) is 11.0. The van der Waals surface area contributed by atoms with Crippen LogP contribution in [0.4, 0.5) is 0 Å². The quantitative estimate of drug-likeness (QED) is 0.628. The highest BCUT2D eigenvalue weighted by molar-refractivity contribution is 6.33. The van der Waals surface area contributed by atoms with Crippen molar-refractivity contribution in [3.05, 3.63) is 33.8 Å². The molecule has 2 rings (SSSR count). The van der Waals surface area contributed by atoms with Gasteiger partial charge in [0.25, 0.3) is 0 Å². The molecule has 0 aromatic heterocycles. The van der Waals surface area contributed by atoms with Gasteiger partial charge in [-0.1, -0.05) is 23.2 Å². The Morgan fingerprint density at radius 3 is 2.88 bits per heavy atom. The normalized spacial score (nSPS) is 26.7. The smallest absolute Gasteiger partial charge is 0.338 e. The molecule has 2 unspecified atom stereocenters. The molecule has 0 spiro atoms. The number of carbonyl (C=O) groups excluding carboxylic acids is 1. The van der Waals surface area contributed by atoms with E-state index in [1.165, 1.54) is 0 Å². The third kappa shape index (κ3) is 2.28. The largest absolute Gasteiger partial charge is 0.464 e. The molecule has 1 aliphatic rings. The van der Waals surface area contributed by atoms with Gasteiger partial charge >= 0.3 is 5.97 Å². The van der Waals surface area contributed by atoms with Crippen LogP contribution in [0.2, 0.25) is 10.0 Å². The minimum atomic E-state index is -0.728. The summed E-state index contributed by atoms with van der Waals surface area (Å²) in [6.45, 7) is 3.88. The highest BCUT2D eigenvalue weighted by atomic mass is 35.5. The number of hydrogen-bond acceptors (Lipinski definition) is 3. The van der Waals surface area contributed by atoms with E-state index in [1.54, 1.807) is 32.0 Å². The fraction of sp³-hybridized carbons (Fsp3) is 0.417. The first-order valence-electron chi connectivity index (χ1n) is 5.29. The highest BCUT2D eigenvalue weighted by Gasteiger charge is 2.60. The van der Waals surface area contributed by atoms with Gasteiger partial charge in [0, 0.05) is 15.6 Å². The van der Waals surface area contributed by atoms with E-state index < -0.39 is 11.7 Å². The summed E-state index contributed by atoms with van der Waals surface area (Å²) < 4.78 is 10.3. The molecule has 0 N–H and O–H groups in total. The number of hydrogen-bond donors (Lipinski definition) is 0. The maximum Gasteiger partial charge on any atom is 0.338 e. The molecule has 1 saturated heterocycles. The van der Waals surface area contributed by atoms with E-state index >= 15 is 0 Å². The lowest BCUT2D eigenvalue weighted by atomic mass is 9.97. The second-order valence-electron chi connectivity index (χ2n) is 3.98. The van der Waals surface area contributed by atoms with Crippen molar-refractivity contribution in [1.82, 2.24) is 0 Å². The number of benzene rings is 1. The molecule has 0 aliphatic carbocycles. The third-order valence-electron chi connectivity index (χ3n) is 2.77. The van der Waals surface area contributed by atoms with E-state index in [0.29, 0.717) is 22.2 Å². The van der Waals surface area contributed by atoms with Crippen LogP contribution >= 0.6 is 23.2 Å². The first-order chi connectivity index (χ1) is 7.99. The summed E-state index contributed by atoms with van der Waals surface area (Å²) in [7, 11) is 0. The molecule has 1 fully saturated rings. The van der Waals surface area contributed by atoms with Crippen LogP contribution in [0.25, 0.3) is 0 Å². The van der Waals surface area contributed by atoms with Crippen molar-refractivity contribution in [3.8, 4) is 0 Å². The number of halogens is 2. The Morgan fingerprint density at radius 2 is 2.24 bits per heavy atom. The molecule has 1 aliphatic heterocycles. The van der Waals surface area contributed by atoms with Crippen LogP contribution in [0.5, 0.6) is 0 Å². The van der Waals surface area contributed by atoms with Crippen molar-refractivity contribution in [1.29, 1.82) is 0 Å². The zero-order valence-electron chi connectivity index (χ0n) is 9.50. The first kappa shape index (κ1) is 12.7. The molecule has 1 aromatic rings. The van der Waals surface area contributed by atoms with Gasteiger partial charge in [-0.25, -0.2) is 4.79 Å². The second kappa shape index (κ2) is 4.48. The predicted molar refractivity (Wildman–Crippen MR) is 65.3 cm³/mol. The van der Waals surface area contributed by atoms with Crippen molar-refractivity contribution in [2.45, 2.75) is 25.6 Å². The first-order valence-corrected chi connectivity index (χ1v) is 6.04. The summed E-state index contributed by atoms with van der Waals surface area (Å²) in [5.74, 6) is -0.369. The van der Waals surface area contributed by atoms with Crippen molar-refractivity contribution in [2.75, 3.05) is 6.61 Å². The fourth-order valence-electron chi connectivity index (χ4n) is 1.78. The standard InChI is InChI=1S/C12H12Cl2O3/c1-3-16-11(15)10-12(2,17-10)8-6-7(13)4-5-9(8)14/h4-6,10H,3H2,1-2H3. The highest BCUT2D eigenvalue weighted by Crippen LogP contribution is 2.49. The molecule has 2 atom stereocenters. The predicted octanol–water partition coefficient (Wildman–Crippen LogP) is 3.17. The SMILES string of the molecule is CCOC(=O)C1OC1(C)c1cc(Cl)ccc1Cl. The Hall–Kier alpha value is -0.770. The summed E-state index contributed by atoms with van der Waals surface area (Å²) in [6, 6.07) is 5.09. The van der Waals surface area contributed by atoms with Crippen LogP contribution < -0.4 is 0 Å². The molecule has 17 heavy (non-hydrogen) atoms. The molecule has 5 heteroatoms. The zero-order chi connectivity index (χ0) is 12.6. The average Bonchev–Trinajstić information content (AvgIpc) is 2.96. The van der Waals surface area contributed by atoms with Crippen molar-refractivity contribution in [3.63, 3.8) is 0 Å². The van der Waals surface area contributed by atoms with Gasteiger partial charge in [-0.05, 0) is 32.0 Å². The fourth-order valence-corrected chi connectivity index (χ4v) is 2.26. The molecule has 1 aromatic carbocycles. The van der Waals surface area contributed by atoms with Crippen LogP contribution in [0.1, 0.15) is 19.4 Å². The van der Waals surface area contributed by atoms with Crippen LogP contribution in [-0.2, 0) is 19.9 Å². The second-order valence-corrected chi connectivity index (χ2v) is 4.82. The van der Waals surface area contributed by atoms with Gasteiger partial charge in [0.1, 0.15) is 5.60 Å². The Balaban J connectivity index is 2.24. The van der Waals surface area contributed by atoms with Crippen LogP contribution in [0.3, 0.4) is 0 Å². The maximum absolute atomic E-state index is 11.6. The number of carbonyl (C=O) groups is 1. The van der Waals surface area contributed by atoms with E-state index in [4.69, 9.17) is 32.7 Å². The molecule has 1 heterocycles. The van der Waals surface area contributed by atoms with Gasteiger partial charge in [0.15, 0.2) is 6.10 Å². The molecular weight excluding hydrogens is 263 g/mol. The van der Waals surface area contributed by atoms with Gasteiger partial charge in [-0.2, -0.15) is 0 Å². The molecule has 0 radical (unpaired) electrons. The van der Waals surface area contributed by atoms with Gasteiger partial charge < -0.3 is 9.47 Å². The lowest BCUT2D eigenvalue weighted by Crippen LogP contribution is -2.19. The summed E-state index contributed by atoms with van der Waals surface area (Å²) in [5, 5.41) is 1.09. The molecule has 3 nitrogen and oxygen atoms in total. The van der Waals surface area contributed by atoms with E-state index in [-0.39, 0.29) is 5.97 Å². The minimum absolute atomic E-state index is 0.331. The Morgan fingerprint density at radius 1 is 1.53 bits per heavy atom. The van der Waals surface area contributed by atoms with E-state index in [1.807, 2.05) is 0 Å². The van der Waals surface area contributed by atoms with Crippen molar-refractivity contribution >= 4 is 29.2 Å². The summed E-state index contributed by atoms with van der Waals surface area (Å²) in [6.07, 6.45) is -0.599. The Bertz CT molecular complexity index is 461. The number of esters is 1. The number of ether oxygens (including phenoxy) is 2. The van der Waals surface area contributed by atoms with Crippen LogP contribution in [0, 0.1) is 0 Å². The van der Waals surface area contributed by atoms with Gasteiger partial charge in [-0.3, -0.25) is 0 Å². The van der Waals surface area contributed by atoms with Gasteiger partial charge in [0.2, 0.25) is 0 Å². The summed E-state index contributed by atoms with van der Waals surface area (Å²) >= 11 is 12.0. The Kier molecular flexibility index (Phi) is 3.34. The molecule has 0 saturated carbocycles. The molecule has 92 valence electrons. The summed E-state index contributed by atoms with van der Waals surface area (Å²) in [4.78, 5) is 11.6. The minimum Gasteiger partial charge on any atom is -0.464 e. The lowest BCUT2D eigenvalue weighted by Gasteiger charge is -2.09.